The fourth-order valence-corrected chi connectivity index (χ4v) is 8.15. The molecule has 1 aliphatic heterocycles. The molecule has 0 fully saturated rings. The van der Waals surface area contributed by atoms with Crippen LogP contribution < -0.4 is 4.90 Å². The average Bonchev–Trinajstić information content (AvgIpc) is 3.65. The SMILES string of the molecule is C=C1/C=C\C=C/CN(c2cccc(-n3c4ccccc4c4ccccc43)c2)c2ccc(-c3cccc(-c4cc(-c5ccccc5)nc(-c5ccccc5)c4)c3)cc21. The smallest absolute Gasteiger partial charge is 0.0715 e. The molecule has 0 atom stereocenters. The second-order valence-electron chi connectivity index (χ2n) is 14.5. The van der Waals surface area contributed by atoms with Crippen LogP contribution in [0.15, 0.2) is 219 Å². The summed E-state index contributed by atoms with van der Waals surface area (Å²) in [5.74, 6) is 0. The average molecular weight is 730 g/mol. The van der Waals surface area contributed by atoms with E-state index < -0.39 is 0 Å². The number of anilines is 2. The van der Waals surface area contributed by atoms with Gasteiger partial charge >= 0.3 is 0 Å². The number of rotatable bonds is 6. The van der Waals surface area contributed by atoms with Gasteiger partial charge in [-0.2, -0.15) is 0 Å². The van der Waals surface area contributed by atoms with E-state index in [9.17, 15) is 0 Å². The van der Waals surface area contributed by atoms with E-state index in [1.807, 2.05) is 12.1 Å². The first-order valence-electron chi connectivity index (χ1n) is 19.4. The maximum Gasteiger partial charge on any atom is 0.0715 e. The van der Waals surface area contributed by atoms with Gasteiger partial charge < -0.3 is 9.47 Å². The van der Waals surface area contributed by atoms with Crippen molar-refractivity contribution in [1.82, 2.24) is 9.55 Å². The zero-order valence-corrected chi connectivity index (χ0v) is 31.5. The summed E-state index contributed by atoms with van der Waals surface area (Å²) in [4.78, 5) is 7.51. The molecule has 0 saturated carbocycles. The highest BCUT2D eigenvalue weighted by Crippen LogP contribution is 2.40. The van der Waals surface area contributed by atoms with Crippen molar-refractivity contribution in [3.05, 3.63) is 225 Å². The molecule has 1 aliphatic rings. The zero-order valence-electron chi connectivity index (χ0n) is 31.5. The van der Waals surface area contributed by atoms with E-state index in [1.165, 1.54) is 21.8 Å². The molecule has 0 spiro atoms. The molecule has 0 N–H and O–H groups in total. The minimum atomic E-state index is 0.714. The largest absolute Gasteiger partial charge is 0.337 e. The van der Waals surface area contributed by atoms with E-state index in [1.54, 1.807) is 0 Å². The number of para-hydroxylation sites is 2. The number of benzene rings is 7. The van der Waals surface area contributed by atoms with Gasteiger partial charge in [-0.05, 0) is 88.5 Å². The molecule has 0 radical (unpaired) electrons. The van der Waals surface area contributed by atoms with Crippen LogP contribution in [0.4, 0.5) is 11.4 Å². The fourth-order valence-electron chi connectivity index (χ4n) is 8.15. The van der Waals surface area contributed by atoms with E-state index in [4.69, 9.17) is 4.98 Å². The molecule has 57 heavy (non-hydrogen) atoms. The van der Waals surface area contributed by atoms with Crippen molar-refractivity contribution in [3.8, 4) is 50.5 Å². The van der Waals surface area contributed by atoms with Crippen molar-refractivity contribution < 1.29 is 0 Å². The maximum absolute atomic E-state index is 5.11. The third kappa shape index (κ3) is 6.45. The number of pyridine rings is 1. The number of allylic oxidation sites excluding steroid dienone is 4. The van der Waals surface area contributed by atoms with Crippen LogP contribution in [-0.2, 0) is 0 Å². The van der Waals surface area contributed by atoms with E-state index in [2.05, 4.69) is 216 Å². The summed E-state index contributed by atoms with van der Waals surface area (Å²) >= 11 is 0. The van der Waals surface area contributed by atoms with Gasteiger partial charge in [0.1, 0.15) is 0 Å². The highest BCUT2D eigenvalue weighted by molar-refractivity contribution is 6.09. The van der Waals surface area contributed by atoms with Crippen LogP contribution in [0.5, 0.6) is 0 Å². The molecule has 270 valence electrons. The summed E-state index contributed by atoms with van der Waals surface area (Å²) in [6.45, 7) is 5.29. The van der Waals surface area contributed by atoms with E-state index >= 15 is 0 Å². The number of aromatic nitrogens is 2. The summed E-state index contributed by atoms with van der Waals surface area (Å²) in [5.41, 5.74) is 16.5. The molecule has 0 unspecified atom stereocenters. The lowest BCUT2D eigenvalue weighted by Gasteiger charge is -2.27. The fraction of sp³-hybridized carbons (Fsp3) is 0.0185. The Kier molecular flexibility index (Phi) is 8.74. The van der Waals surface area contributed by atoms with Crippen LogP contribution in [0.3, 0.4) is 0 Å². The lowest BCUT2D eigenvalue weighted by atomic mass is 9.94. The second kappa shape index (κ2) is 14.6. The van der Waals surface area contributed by atoms with E-state index in [0.29, 0.717) is 6.54 Å². The quantitative estimate of drug-likeness (QED) is 0.170. The molecular formula is C54H39N3. The molecule has 10 rings (SSSR count). The summed E-state index contributed by atoms with van der Waals surface area (Å²) in [5, 5.41) is 2.51. The molecule has 0 amide bonds. The summed E-state index contributed by atoms with van der Waals surface area (Å²) in [6.07, 6.45) is 8.54. The van der Waals surface area contributed by atoms with Gasteiger partial charge in [0.25, 0.3) is 0 Å². The van der Waals surface area contributed by atoms with Crippen LogP contribution in [0.2, 0.25) is 0 Å². The monoisotopic (exact) mass is 729 g/mol. The molecule has 0 bridgehead atoms. The molecule has 9 aromatic rings. The minimum absolute atomic E-state index is 0.714. The van der Waals surface area contributed by atoms with Crippen molar-refractivity contribution in [2.24, 2.45) is 0 Å². The molecule has 0 aliphatic carbocycles. The predicted molar refractivity (Wildman–Crippen MR) is 241 cm³/mol. The Morgan fingerprint density at radius 2 is 1.00 bits per heavy atom. The Morgan fingerprint density at radius 1 is 0.439 bits per heavy atom. The van der Waals surface area contributed by atoms with Crippen molar-refractivity contribution in [2.75, 3.05) is 11.4 Å². The van der Waals surface area contributed by atoms with Gasteiger partial charge in [-0.25, -0.2) is 4.98 Å². The van der Waals surface area contributed by atoms with Gasteiger partial charge in [-0.1, -0.05) is 158 Å². The molecule has 3 heterocycles. The molecular weight excluding hydrogens is 691 g/mol. The second-order valence-corrected chi connectivity index (χ2v) is 14.5. The number of fused-ring (bicyclic) bond motifs is 4. The standard InChI is InChI=1S/C54H39N3/c1-38-17-5-4-14-32-56(45-24-16-25-46(37-45)57-53-28-12-10-26-47(53)48-27-11-13-29-54(48)57)52-31-30-43(34-49(38)52)41-22-15-23-42(33-41)44-35-50(39-18-6-2-7-19-39)55-51(36-44)40-20-8-3-9-21-40/h2-31,33-37H,1,32H2/b14-4-,17-5-. The van der Waals surface area contributed by atoms with Gasteiger partial charge in [0, 0.05) is 51.1 Å². The Labute approximate surface area is 333 Å². The third-order valence-electron chi connectivity index (χ3n) is 10.9. The lowest BCUT2D eigenvalue weighted by Crippen LogP contribution is -2.18. The zero-order chi connectivity index (χ0) is 38.1. The van der Waals surface area contributed by atoms with Crippen LogP contribution in [0.1, 0.15) is 5.56 Å². The van der Waals surface area contributed by atoms with E-state index in [-0.39, 0.29) is 0 Å². The highest BCUT2D eigenvalue weighted by atomic mass is 15.1. The first-order valence-corrected chi connectivity index (χ1v) is 19.4. The van der Waals surface area contributed by atoms with Crippen molar-refractivity contribution in [2.45, 2.75) is 0 Å². The number of hydrogen-bond donors (Lipinski definition) is 0. The summed E-state index contributed by atoms with van der Waals surface area (Å²) < 4.78 is 2.38. The van der Waals surface area contributed by atoms with Crippen molar-refractivity contribution in [1.29, 1.82) is 0 Å². The minimum Gasteiger partial charge on any atom is -0.337 e. The first kappa shape index (κ1) is 34.0. The number of hydrogen-bond acceptors (Lipinski definition) is 2. The lowest BCUT2D eigenvalue weighted by molar-refractivity contribution is 1.08. The molecule has 7 aromatic carbocycles. The first-order chi connectivity index (χ1) is 28.2. The maximum atomic E-state index is 5.11. The topological polar surface area (TPSA) is 21.1 Å². The van der Waals surface area contributed by atoms with Gasteiger partial charge in [0.15, 0.2) is 0 Å². The van der Waals surface area contributed by atoms with Crippen LogP contribution in [0, 0.1) is 0 Å². The normalized spacial score (nSPS) is 13.8. The van der Waals surface area contributed by atoms with Crippen molar-refractivity contribution in [3.63, 3.8) is 0 Å². The van der Waals surface area contributed by atoms with Gasteiger partial charge in [0.2, 0.25) is 0 Å². The van der Waals surface area contributed by atoms with Crippen LogP contribution >= 0.6 is 0 Å². The Bertz CT molecular complexity index is 2890. The Balaban J connectivity index is 1.06. The summed E-state index contributed by atoms with van der Waals surface area (Å²) in [7, 11) is 0. The molecule has 3 nitrogen and oxygen atoms in total. The highest BCUT2D eigenvalue weighted by Gasteiger charge is 2.19. The Hall–Kier alpha value is -7.49. The summed E-state index contributed by atoms with van der Waals surface area (Å²) in [6, 6.07) is 67.2. The van der Waals surface area contributed by atoms with Gasteiger partial charge in [-0.3, -0.25) is 0 Å². The Morgan fingerprint density at radius 3 is 1.68 bits per heavy atom. The number of nitrogens with zero attached hydrogens (tertiary/aromatic N) is 3. The third-order valence-corrected chi connectivity index (χ3v) is 10.9. The predicted octanol–water partition coefficient (Wildman–Crippen LogP) is 14.1. The molecule has 3 heteroatoms. The van der Waals surface area contributed by atoms with Crippen molar-refractivity contribution >= 4 is 38.8 Å². The molecule has 0 saturated heterocycles. The van der Waals surface area contributed by atoms with E-state index in [0.717, 1.165) is 73.0 Å². The van der Waals surface area contributed by atoms with Gasteiger partial charge in [0.05, 0.1) is 22.4 Å². The van der Waals surface area contributed by atoms with Crippen LogP contribution in [-0.4, -0.2) is 16.1 Å². The molecule has 2 aromatic heterocycles. The van der Waals surface area contributed by atoms with Gasteiger partial charge in [-0.15, -0.1) is 0 Å². The van der Waals surface area contributed by atoms with Crippen LogP contribution in [0.25, 0.3) is 77.8 Å².